The predicted octanol–water partition coefficient (Wildman–Crippen LogP) is 7.99. The maximum absolute atomic E-state index is 12.4. The van der Waals surface area contributed by atoms with Crippen molar-refractivity contribution in [3.63, 3.8) is 0 Å². The number of carbonyl (C=O) groups is 1. The lowest BCUT2D eigenvalue weighted by molar-refractivity contribution is 0.0953. The molecule has 0 saturated heterocycles. The molecule has 0 saturated carbocycles. The largest absolute Gasteiger partial charge is 0.352 e. The Morgan fingerprint density at radius 2 is 1.47 bits per heavy atom. The average Bonchev–Trinajstić information content (AvgIpc) is 2.79. The van der Waals surface area contributed by atoms with E-state index in [0.29, 0.717) is 5.56 Å². The Labute approximate surface area is 216 Å². The number of hydrogen-bond acceptors (Lipinski definition) is 2. The lowest BCUT2D eigenvalue weighted by atomic mass is 10.1. The average molecular weight is 613 g/mol. The van der Waals surface area contributed by atoms with Crippen molar-refractivity contribution in [1.82, 2.24) is 10.6 Å². The summed E-state index contributed by atoms with van der Waals surface area (Å²) in [6, 6.07) is 14.4. The van der Waals surface area contributed by atoms with E-state index in [1.165, 1.54) is 66.9 Å². The van der Waals surface area contributed by atoms with E-state index in [9.17, 15) is 4.79 Å². The molecule has 0 unspecified atom stereocenters. The zero-order valence-electron chi connectivity index (χ0n) is 19.4. The van der Waals surface area contributed by atoms with Crippen LogP contribution in [0.1, 0.15) is 92.6 Å². The second-order valence-electron chi connectivity index (χ2n) is 8.47. The van der Waals surface area contributed by atoms with Gasteiger partial charge in [-0.1, -0.05) is 98.8 Å². The molecule has 0 fully saturated rings. The molecular weight excluding hydrogens is 575 g/mol. The number of amides is 1. The number of halogens is 2. The van der Waals surface area contributed by atoms with Gasteiger partial charge in [-0.05, 0) is 64.4 Å². The fourth-order valence-corrected chi connectivity index (χ4v) is 4.57. The van der Waals surface area contributed by atoms with Crippen molar-refractivity contribution in [2.75, 3.05) is 6.54 Å². The van der Waals surface area contributed by atoms with Crippen LogP contribution in [0.5, 0.6) is 0 Å². The van der Waals surface area contributed by atoms with Gasteiger partial charge in [0, 0.05) is 33.2 Å². The molecule has 3 nitrogen and oxygen atoms in total. The summed E-state index contributed by atoms with van der Waals surface area (Å²) in [5, 5.41) is 6.53. The van der Waals surface area contributed by atoms with Crippen LogP contribution in [0.2, 0.25) is 0 Å². The normalized spacial score (nSPS) is 11.0. The summed E-state index contributed by atoms with van der Waals surface area (Å²) in [4.78, 5) is 12.4. The first-order valence-corrected chi connectivity index (χ1v) is 14.0. The summed E-state index contributed by atoms with van der Waals surface area (Å²) in [6.07, 6.45) is 13.1. The van der Waals surface area contributed by atoms with Crippen LogP contribution in [0.15, 0.2) is 46.9 Å². The lowest BCUT2D eigenvalue weighted by Crippen LogP contribution is -2.24. The molecule has 176 valence electrons. The number of hydrogen-bond donors (Lipinski definition) is 2. The van der Waals surface area contributed by atoms with Gasteiger partial charge in [-0.15, -0.1) is 0 Å². The molecule has 0 aliphatic rings. The molecule has 0 aliphatic heterocycles. The van der Waals surface area contributed by atoms with E-state index in [1.54, 1.807) is 0 Å². The third-order valence-electron chi connectivity index (χ3n) is 5.69. The molecule has 2 N–H and O–H groups in total. The van der Waals surface area contributed by atoms with Gasteiger partial charge in [0.15, 0.2) is 0 Å². The van der Waals surface area contributed by atoms with Gasteiger partial charge in [0.25, 0.3) is 5.91 Å². The van der Waals surface area contributed by atoms with E-state index in [2.05, 4.69) is 80.3 Å². The Hall–Kier alpha value is -0.920. The summed E-state index contributed by atoms with van der Waals surface area (Å²) in [6.45, 7) is 4.60. The molecule has 0 aliphatic carbocycles. The molecule has 0 spiro atoms. The van der Waals surface area contributed by atoms with Crippen LogP contribution in [0.25, 0.3) is 0 Å². The van der Waals surface area contributed by atoms with Gasteiger partial charge in [0.05, 0.1) is 0 Å². The van der Waals surface area contributed by atoms with E-state index < -0.39 is 0 Å². The molecule has 5 heteroatoms. The maximum atomic E-state index is 12.4. The second kappa shape index (κ2) is 16.7. The Morgan fingerprint density at radius 3 is 2.09 bits per heavy atom. The SMILES string of the molecule is CCCCCCCCCCCCNC(=O)c1ccc(CNCc2ccc(I)cc2)c(Br)c1. The van der Waals surface area contributed by atoms with Crippen molar-refractivity contribution in [2.24, 2.45) is 0 Å². The van der Waals surface area contributed by atoms with Crippen molar-refractivity contribution in [3.8, 4) is 0 Å². The second-order valence-corrected chi connectivity index (χ2v) is 10.6. The van der Waals surface area contributed by atoms with Crippen molar-refractivity contribution >= 4 is 44.4 Å². The van der Waals surface area contributed by atoms with E-state index in [4.69, 9.17) is 0 Å². The smallest absolute Gasteiger partial charge is 0.251 e. The molecule has 2 aromatic carbocycles. The molecule has 1 amide bonds. The molecule has 0 aromatic heterocycles. The summed E-state index contributed by atoms with van der Waals surface area (Å²) < 4.78 is 2.22. The Kier molecular flexibility index (Phi) is 14.2. The van der Waals surface area contributed by atoms with Crippen LogP contribution in [0, 0.1) is 3.57 Å². The van der Waals surface area contributed by atoms with Crippen LogP contribution >= 0.6 is 38.5 Å². The van der Waals surface area contributed by atoms with Crippen molar-refractivity contribution in [1.29, 1.82) is 0 Å². The predicted molar refractivity (Wildman–Crippen MR) is 148 cm³/mol. The third-order valence-corrected chi connectivity index (χ3v) is 7.15. The van der Waals surface area contributed by atoms with Gasteiger partial charge in [-0.25, -0.2) is 0 Å². The highest BCUT2D eigenvalue weighted by atomic mass is 127. The van der Waals surface area contributed by atoms with E-state index in [1.807, 2.05) is 18.2 Å². The molecule has 2 aromatic rings. The first-order valence-electron chi connectivity index (χ1n) is 12.1. The summed E-state index contributed by atoms with van der Waals surface area (Å²) in [7, 11) is 0. The number of unbranched alkanes of at least 4 members (excludes halogenated alkanes) is 9. The molecule has 2 rings (SSSR count). The third kappa shape index (κ3) is 11.3. The Bertz CT molecular complexity index is 795. The van der Waals surface area contributed by atoms with Gasteiger partial charge in [0.1, 0.15) is 0 Å². The molecule has 0 bridgehead atoms. The zero-order chi connectivity index (χ0) is 23.0. The van der Waals surface area contributed by atoms with Crippen LogP contribution in [0.3, 0.4) is 0 Å². The number of carbonyl (C=O) groups excluding carboxylic acids is 1. The molecule has 0 atom stereocenters. The summed E-state index contributed by atoms with van der Waals surface area (Å²) in [5.41, 5.74) is 3.14. The minimum Gasteiger partial charge on any atom is -0.352 e. The van der Waals surface area contributed by atoms with Crippen molar-refractivity contribution < 1.29 is 4.79 Å². The van der Waals surface area contributed by atoms with E-state index >= 15 is 0 Å². The van der Waals surface area contributed by atoms with Crippen LogP contribution in [0.4, 0.5) is 0 Å². The first kappa shape index (κ1) is 27.3. The van der Waals surface area contributed by atoms with E-state index in [-0.39, 0.29) is 5.91 Å². The quantitative estimate of drug-likeness (QED) is 0.149. The first-order chi connectivity index (χ1) is 15.6. The highest BCUT2D eigenvalue weighted by Gasteiger charge is 2.08. The molecule has 0 heterocycles. The maximum Gasteiger partial charge on any atom is 0.251 e. The molecule has 0 radical (unpaired) electrons. The lowest BCUT2D eigenvalue weighted by Gasteiger charge is -2.10. The number of rotatable bonds is 16. The number of benzene rings is 2. The highest BCUT2D eigenvalue weighted by molar-refractivity contribution is 14.1. The Morgan fingerprint density at radius 1 is 0.844 bits per heavy atom. The Balaban J connectivity index is 1.59. The topological polar surface area (TPSA) is 41.1 Å². The monoisotopic (exact) mass is 612 g/mol. The fourth-order valence-electron chi connectivity index (χ4n) is 3.69. The minimum absolute atomic E-state index is 0.0139. The molecule has 32 heavy (non-hydrogen) atoms. The van der Waals surface area contributed by atoms with Gasteiger partial charge in [0.2, 0.25) is 0 Å². The summed E-state index contributed by atoms with van der Waals surface area (Å²) >= 11 is 5.95. The van der Waals surface area contributed by atoms with Crippen LogP contribution in [-0.2, 0) is 13.1 Å². The van der Waals surface area contributed by atoms with Gasteiger partial charge < -0.3 is 10.6 Å². The fraction of sp³-hybridized carbons (Fsp3) is 0.519. The minimum atomic E-state index is 0.0139. The summed E-state index contributed by atoms with van der Waals surface area (Å²) in [5.74, 6) is 0.0139. The number of nitrogens with one attached hydrogen (secondary N) is 2. The van der Waals surface area contributed by atoms with Gasteiger partial charge >= 0.3 is 0 Å². The van der Waals surface area contributed by atoms with Crippen molar-refractivity contribution in [3.05, 3.63) is 67.2 Å². The van der Waals surface area contributed by atoms with E-state index in [0.717, 1.165) is 36.1 Å². The molecular formula is C27H38BrIN2O. The van der Waals surface area contributed by atoms with Crippen LogP contribution in [-0.4, -0.2) is 12.5 Å². The van der Waals surface area contributed by atoms with Crippen LogP contribution < -0.4 is 10.6 Å². The van der Waals surface area contributed by atoms with Crippen molar-refractivity contribution in [2.45, 2.75) is 84.2 Å². The van der Waals surface area contributed by atoms with Gasteiger partial charge in [-0.3, -0.25) is 4.79 Å². The zero-order valence-corrected chi connectivity index (χ0v) is 23.1. The standard InChI is InChI=1S/C27H38BrIN2O/c1-2-3-4-5-6-7-8-9-10-11-18-31-27(32)23-14-15-24(26(28)19-23)21-30-20-22-12-16-25(29)17-13-22/h12-17,19,30H,2-11,18,20-21H2,1H3,(H,31,32). The highest BCUT2D eigenvalue weighted by Crippen LogP contribution is 2.19. The van der Waals surface area contributed by atoms with Gasteiger partial charge in [-0.2, -0.15) is 0 Å².